The number of carbonyl (C=O) groups is 1. The molecule has 6 heteroatoms. The predicted molar refractivity (Wildman–Crippen MR) is 97.6 cm³/mol. The van der Waals surface area contributed by atoms with Crippen molar-refractivity contribution in [1.29, 1.82) is 0 Å². The van der Waals surface area contributed by atoms with Gasteiger partial charge in [-0.05, 0) is 63.4 Å². The van der Waals surface area contributed by atoms with E-state index in [2.05, 4.69) is 26.9 Å². The summed E-state index contributed by atoms with van der Waals surface area (Å²) >= 11 is 0. The van der Waals surface area contributed by atoms with Gasteiger partial charge in [0.15, 0.2) is 0 Å². The first-order chi connectivity index (χ1) is 11.1. The lowest BCUT2D eigenvalue weighted by Crippen LogP contribution is -2.23. The molecule has 3 N–H and O–H groups in total. The van der Waals surface area contributed by atoms with Gasteiger partial charge in [0, 0.05) is 23.4 Å². The van der Waals surface area contributed by atoms with Gasteiger partial charge in [-0.2, -0.15) is 5.10 Å². The molecule has 1 atom stereocenters. The molecule has 130 valence electrons. The fourth-order valence-electron chi connectivity index (χ4n) is 3.17. The molecule has 1 fully saturated rings. The average Bonchev–Trinajstić information content (AvgIpc) is 3.16. The number of halogens is 1. The lowest BCUT2D eigenvalue weighted by molar-refractivity contribution is 0.0950. The molecule has 3 rings (SSSR count). The smallest absolute Gasteiger partial charge is 0.251 e. The monoisotopic (exact) mass is 348 g/mol. The first-order valence-corrected chi connectivity index (χ1v) is 8.22. The number of hydrogen-bond donors (Lipinski definition) is 3. The van der Waals surface area contributed by atoms with Crippen LogP contribution in [-0.2, 0) is 13.0 Å². The molecule has 24 heavy (non-hydrogen) atoms. The third-order valence-corrected chi connectivity index (χ3v) is 4.58. The van der Waals surface area contributed by atoms with Crippen molar-refractivity contribution in [2.24, 2.45) is 5.92 Å². The van der Waals surface area contributed by atoms with Crippen LogP contribution in [0.2, 0.25) is 0 Å². The Hall–Kier alpha value is -1.85. The number of rotatable bonds is 5. The zero-order valence-corrected chi connectivity index (χ0v) is 15.0. The van der Waals surface area contributed by atoms with Crippen LogP contribution in [0.1, 0.15) is 39.3 Å². The van der Waals surface area contributed by atoms with Gasteiger partial charge in [0.2, 0.25) is 0 Å². The summed E-state index contributed by atoms with van der Waals surface area (Å²) < 4.78 is 0. The number of hydrogen-bond acceptors (Lipinski definition) is 3. The minimum atomic E-state index is -0.0311. The molecular weight excluding hydrogens is 324 g/mol. The fraction of sp³-hybridized carbons (Fsp3) is 0.444. The quantitative estimate of drug-likeness (QED) is 0.777. The highest BCUT2D eigenvalue weighted by molar-refractivity contribution is 5.94. The molecular formula is C18H25ClN4O. The number of nitrogens with one attached hydrogen (secondary N) is 3. The van der Waals surface area contributed by atoms with Gasteiger partial charge in [0.05, 0.1) is 5.69 Å². The molecule has 2 aromatic rings. The molecule has 2 heterocycles. The van der Waals surface area contributed by atoms with Gasteiger partial charge in [-0.25, -0.2) is 0 Å². The molecule has 0 saturated carbocycles. The van der Waals surface area contributed by atoms with Crippen molar-refractivity contribution >= 4 is 18.3 Å². The second-order valence-corrected chi connectivity index (χ2v) is 6.36. The maximum absolute atomic E-state index is 12.4. The zero-order valence-electron chi connectivity index (χ0n) is 14.2. The average molecular weight is 349 g/mol. The van der Waals surface area contributed by atoms with E-state index in [0.29, 0.717) is 12.5 Å². The Labute approximate surface area is 149 Å². The van der Waals surface area contributed by atoms with E-state index in [1.165, 1.54) is 12.0 Å². The normalized spacial score (nSPS) is 16.7. The summed E-state index contributed by atoms with van der Waals surface area (Å²) in [6.07, 6.45) is 2.25. The van der Waals surface area contributed by atoms with Crippen molar-refractivity contribution in [2.45, 2.75) is 33.2 Å². The Morgan fingerprint density at radius 3 is 2.88 bits per heavy atom. The molecule has 1 aromatic heterocycles. The summed E-state index contributed by atoms with van der Waals surface area (Å²) in [6, 6.07) is 7.98. The molecule has 0 spiro atoms. The lowest BCUT2D eigenvalue weighted by atomic mass is 9.97. The van der Waals surface area contributed by atoms with Gasteiger partial charge < -0.3 is 10.6 Å². The van der Waals surface area contributed by atoms with Crippen LogP contribution in [-0.4, -0.2) is 29.2 Å². The highest BCUT2D eigenvalue weighted by Crippen LogP contribution is 2.16. The largest absolute Gasteiger partial charge is 0.348 e. The van der Waals surface area contributed by atoms with Crippen LogP contribution < -0.4 is 10.6 Å². The molecule has 0 aliphatic carbocycles. The summed E-state index contributed by atoms with van der Waals surface area (Å²) in [7, 11) is 0. The SMILES string of the molecule is Cc1n[nH]c(C)c1CNC(=O)c1cccc(CC2CCNC2)c1.Cl. The summed E-state index contributed by atoms with van der Waals surface area (Å²) in [6.45, 7) is 6.60. The highest BCUT2D eigenvalue weighted by Gasteiger charge is 2.16. The van der Waals surface area contributed by atoms with Gasteiger partial charge in [-0.3, -0.25) is 9.89 Å². The third kappa shape index (κ3) is 4.36. The Kier molecular flexibility index (Phi) is 6.40. The highest BCUT2D eigenvalue weighted by atomic mass is 35.5. The van der Waals surface area contributed by atoms with Crippen LogP contribution in [0.4, 0.5) is 0 Å². The number of benzene rings is 1. The van der Waals surface area contributed by atoms with Gasteiger partial charge in [-0.15, -0.1) is 12.4 Å². The van der Waals surface area contributed by atoms with Crippen LogP contribution in [0.3, 0.4) is 0 Å². The Balaban J connectivity index is 0.00000208. The van der Waals surface area contributed by atoms with Crippen molar-refractivity contribution < 1.29 is 4.79 Å². The molecule has 1 aliphatic rings. The van der Waals surface area contributed by atoms with Gasteiger partial charge in [0.25, 0.3) is 5.91 Å². The molecule has 1 unspecified atom stereocenters. The van der Waals surface area contributed by atoms with Crippen LogP contribution in [0.5, 0.6) is 0 Å². The second kappa shape index (κ2) is 8.31. The van der Waals surface area contributed by atoms with Gasteiger partial charge in [-0.1, -0.05) is 12.1 Å². The van der Waals surface area contributed by atoms with E-state index in [4.69, 9.17) is 0 Å². The fourth-order valence-corrected chi connectivity index (χ4v) is 3.17. The van der Waals surface area contributed by atoms with E-state index in [0.717, 1.165) is 42.0 Å². The summed E-state index contributed by atoms with van der Waals surface area (Å²) in [5.41, 5.74) is 4.97. The van der Waals surface area contributed by atoms with E-state index in [1.807, 2.05) is 32.0 Å². The molecule has 1 aromatic carbocycles. The maximum Gasteiger partial charge on any atom is 0.251 e. The van der Waals surface area contributed by atoms with Crippen molar-refractivity contribution in [2.75, 3.05) is 13.1 Å². The van der Waals surface area contributed by atoms with Crippen molar-refractivity contribution in [1.82, 2.24) is 20.8 Å². The second-order valence-electron chi connectivity index (χ2n) is 6.36. The number of H-pyrrole nitrogens is 1. The summed E-state index contributed by atoms with van der Waals surface area (Å²) in [4.78, 5) is 12.4. The Morgan fingerprint density at radius 2 is 2.21 bits per heavy atom. The molecule has 1 amide bonds. The minimum Gasteiger partial charge on any atom is -0.348 e. The van der Waals surface area contributed by atoms with Crippen LogP contribution in [0.25, 0.3) is 0 Å². The third-order valence-electron chi connectivity index (χ3n) is 4.58. The summed E-state index contributed by atoms with van der Waals surface area (Å²) in [5, 5.41) is 13.5. The standard InChI is InChI=1S/C18H24N4O.ClH/c1-12-17(13(2)22-21-12)11-20-18(23)16-5-3-4-14(9-16)8-15-6-7-19-10-15;/h3-5,9,15,19H,6-8,10-11H2,1-2H3,(H,20,23)(H,21,22);1H. The lowest BCUT2D eigenvalue weighted by Gasteiger charge is -2.10. The molecule has 1 saturated heterocycles. The number of amides is 1. The number of aryl methyl sites for hydroxylation is 2. The number of aromatic nitrogens is 2. The van der Waals surface area contributed by atoms with E-state index in [1.54, 1.807) is 0 Å². The molecule has 1 aliphatic heterocycles. The number of carbonyl (C=O) groups excluding carboxylic acids is 1. The predicted octanol–water partition coefficient (Wildman–Crippen LogP) is 2.53. The van der Waals surface area contributed by atoms with Gasteiger partial charge >= 0.3 is 0 Å². The molecule has 0 bridgehead atoms. The van der Waals surface area contributed by atoms with Crippen molar-refractivity contribution in [3.05, 3.63) is 52.3 Å². The molecule has 0 radical (unpaired) electrons. The maximum atomic E-state index is 12.4. The van der Waals surface area contributed by atoms with E-state index in [-0.39, 0.29) is 18.3 Å². The van der Waals surface area contributed by atoms with Crippen molar-refractivity contribution in [3.63, 3.8) is 0 Å². The topological polar surface area (TPSA) is 69.8 Å². The van der Waals surface area contributed by atoms with E-state index >= 15 is 0 Å². The van der Waals surface area contributed by atoms with E-state index in [9.17, 15) is 4.79 Å². The summed E-state index contributed by atoms with van der Waals surface area (Å²) in [5.74, 6) is 0.654. The van der Waals surface area contributed by atoms with Crippen LogP contribution in [0, 0.1) is 19.8 Å². The minimum absolute atomic E-state index is 0. The number of aromatic amines is 1. The molecule has 5 nitrogen and oxygen atoms in total. The first-order valence-electron chi connectivity index (χ1n) is 8.22. The number of nitrogens with zero attached hydrogens (tertiary/aromatic N) is 1. The first kappa shape index (κ1) is 18.5. The van der Waals surface area contributed by atoms with Crippen LogP contribution >= 0.6 is 12.4 Å². The van der Waals surface area contributed by atoms with Gasteiger partial charge in [0.1, 0.15) is 0 Å². The zero-order chi connectivity index (χ0) is 16.2. The Morgan fingerprint density at radius 1 is 1.38 bits per heavy atom. The van der Waals surface area contributed by atoms with Crippen molar-refractivity contribution in [3.8, 4) is 0 Å². The Bertz CT molecular complexity index is 673. The van der Waals surface area contributed by atoms with Crippen LogP contribution in [0.15, 0.2) is 24.3 Å². The van der Waals surface area contributed by atoms with E-state index < -0.39 is 0 Å².